The highest BCUT2D eigenvalue weighted by Crippen LogP contribution is 2.34. The van der Waals surface area contributed by atoms with Gasteiger partial charge in [0, 0.05) is 44.6 Å². The summed E-state index contributed by atoms with van der Waals surface area (Å²) < 4.78 is 0. The van der Waals surface area contributed by atoms with Crippen molar-refractivity contribution < 1.29 is 14.7 Å². The number of hydrogen-bond acceptors (Lipinski definition) is 3. The molecule has 0 aliphatic carbocycles. The molecule has 0 bridgehead atoms. The van der Waals surface area contributed by atoms with Gasteiger partial charge in [-0.1, -0.05) is 36.9 Å². The minimum atomic E-state index is -0.0556. The van der Waals surface area contributed by atoms with Crippen molar-refractivity contribution in [2.24, 2.45) is 11.8 Å². The largest absolute Gasteiger partial charge is 0.396 e. The zero-order valence-electron chi connectivity index (χ0n) is 15.2. The van der Waals surface area contributed by atoms with Crippen molar-refractivity contribution in [1.29, 1.82) is 0 Å². The molecule has 1 aromatic carbocycles. The van der Waals surface area contributed by atoms with E-state index in [1.165, 1.54) is 11.6 Å². The van der Waals surface area contributed by atoms with E-state index in [9.17, 15) is 14.7 Å². The molecule has 2 atom stereocenters. The van der Waals surface area contributed by atoms with E-state index < -0.39 is 0 Å². The smallest absolute Gasteiger partial charge is 0.245 e. The van der Waals surface area contributed by atoms with Gasteiger partial charge < -0.3 is 14.9 Å². The summed E-state index contributed by atoms with van der Waals surface area (Å²) in [4.78, 5) is 28.3. The standard InChI is InChI=1S/C21H28N2O3/c1-2-20(25)22-11-8-17(9-12-22)21(26)23-13-10-19(18(14-23)15-24)16-6-4-3-5-7-16/h2-7,17-19,24H,1,8-15H2/t18-,19+/m0/s1. The van der Waals surface area contributed by atoms with Gasteiger partial charge in [0.15, 0.2) is 0 Å². The molecule has 1 N–H and O–H groups in total. The molecule has 2 amide bonds. The van der Waals surface area contributed by atoms with E-state index in [0.29, 0.717) is 38.4 Å². The molecule has 0 aromatic heterocycles. The van der Waals surface area contributed by atoms with E-state index in [-0.39, 0.29) is 30.3 Å². The van der Waals surface area contributed by atoms with Crippen molar-refractivity contribution in [2.45, 2.75) is 25.2 Å². The summed E-state index contributed by atoms with van der Waals surface area (Å²) >= 11 is 0. The van der Waals surface area contributed by atoms with Crippen LogP contribution in [0.1, 0.15) is 30.7 Å². The number of amides is 2. The van der Waals surface area contributed by atoms with Crippen molar-refractivity contribution in [3.63, 3.8) is 0 Å². The number of carbonyl (C=O) groups excluding carboxylic acids is 2. The number of hydrogen-bond donors (Lipinski definition) is 1. The topological polar surface area (TPSA) is 60.9 Å². The Balaban J connectivity index is 1.58. The lowest BCUT2D eigenvalue weighted by Gasteiger charge is -2.40. The number of carbonyl (C=O) groups is 2. The van der Waals surface area contributed by atoms with Gasteiger partial charge in [0.25, 0.3) is 0 Å². The average Bonchev–Trinajstić information content (AvgIpc) is 2.73. The predicted molar refractivity (Wildman–Crippen MR) is 100 cm³/mol. The van der Waals surface area contributed by atoms with E-state index >= 15 is 0 Å². The molecule has 5 heteroatoms. The van der Waals surface area contributed by atoms with Gasteiger partial charge in [-0.3, -0.25) is 9.59 Å². The number of piperidine rings is 2. The van der Waals surface area contributed by atoms with Crippen LogP contribution in [-0.2, 0) is 9.59 Å². The molecule has 2 saturated heterocycles. The molecule has 140 valence electrons. The second kappa shape index (κ2) is 8.49. The molecule has 2 aliphatic rings. The van der Waals surface area contributed by atoms with Crippen LogP contribution in [0, 0.1) is 11.8 Å². The first kappa shape index (κ1) is 18.6. The summed E-state index contributed by atoms with van der Waals surface area (Å²) in [6.07, 6.45) is 3.64. The zero-order valence-corrected chi connectivity index (χ0v) is 15.2. The third-order valence-electron chi connectivity index (χ3n) is 5.84. The fourth-order valence-corrected chi connectivity index (χ4v) is 4.29. The lowest BCUT2D eigenvalue weighted by Crippen LogP contribution is -2.49. The van der Waals surface area contributed by atoms with Crippen LogP contribution in [0.4, 0.5) is 0 Å². The molecule has 2 fully saturated rings. The molecule has 0 radical (unpaired) electrons. The van der Waals surface area contributed by atoms with Crippen LogP contribution in [0.3, 0.4) is 0 Å². The quantitative estimate of drug-likeness (QED) is 0.840. The van der Waals surface area contributed by atoms with Gasteiger partial charge in [-0.05, 0) is 36.8 Å². The van der Waals surface area contributed by atoms with Crippen LogP contribution in [0.25, 0.3) is 0 Å². The summed E-state index contributed by atoms with van der Waals surface area (Å²) in [6, 6.07) is 10.3. The fraction of sp³-hybridized carbons (Fsp3) is 0.524. The Bertz CT molecular complexity index is 638. The monoisotopic (exact) mass is 356 g/mol. The summed E-state index contributed by atoms with van der Waals surface area (Å²) in [6.45, 7) is 6.20. The SMILES string of the molecule is C=CC(=O)N1CCC(C(=O)N2CC[C@H](c3ccccc3)[C@H](CO)C2)CC1. The van der Waals surface area contributed by atoms with E-state index in [2.05, 4.69) is 18.7 Å². The number of likely N-dealkylation sites (tertiary alicyclic amines) is 2. The molecule has 0 spiro atoms. The van der Waals surface area contributed by atoms with Gasteiger partial charge in [-0.2, -0.15) is 0 Å². The van der Waals surface area contributed by atoms with Crippen molar-refractivity contribution >= 4 is 11.8 Å². The highest BCUT2D eigenvalue weighted by molar-refractivity contribution is 5.87. The maximum atomic E-state index is 12.9. The van der Waals surface area contributed by atoms with E-state index in [1.54, 1.807) is 4.90 Å². The van der Waals surface area contributed by atoms with E-state index in [1.807, 2.05) is 23.1 Å². The third kappa shape index (κ3) is 3.98. The third-order valence-corrected chi connectivity index (χ3v) is 5.84. The van der Waals surface area contributed by atoms with Crippen LogP contribution in [0.2, 0.25) is 0 Å². The Morgan fingerprint density at radius 2 is 1.73 bits per heavy atom. The summed E-state index contributed by atoms with van der Waals surface area (Å²) in [5.74, 6) is 0.493. The maximum absolute atomic E-state index is 12.9. The van der Waals surface area contributed by atoms with Crippen LogP contribution in [0.5, 0.6) is 0 Å². The van der Waals surface area contributed by atoms with E-state index in [4.69, 9.17) is 0 Å². The summed E-state index contributed by atoms with van der Waals surface area (Å²) in [5, 5.41) is 9.86. The molecule has 1 aromatic rings. The van der Waals surface area contributed by atoms with Crippen LogP contribution in [0.15, 0.2) is 43.0 Å². The van der Waals surface area contributed by atoms with Gasteiger partial charge >= 0.3 is 0 Å². The first-order valence-corrected chi connectivity index (χ1v) is 9.50. The Hall–Kier alpha value is -2.14. The number of nitrogens with zero attached hydrogens (tertiary/aromatic N) is 2. The van der Waals surface area contributed by atoms with Crippen LogP contribution < -0.4 is 0 Å². The molecule has 0 saturated carbocycles. The second-order valence-electron chi connectivity index (χ2n) is 7.34. The Morgan fingerprint density at radius 3 is 2.35 bits per heavy atom. The number of benzene rings is 1. The van der Waals surface area contributed by atoms with Crippen molar-refractivity contribution in [2.75, 3.05) is 32.8 Å². The van der Waals surface area contributed by atoms with Gasteiger partial charge in [-0.25, -0.2) is 0 Å². The van der Waals surface area contributed by atoms with Gasteiger partial charge in [0.2, 0.25) is 11.8 Å². The second-order valence-corrected chi connectivity index (χ2v) is 7.34. The summed E-state index contributed by atoms with van der Waals surface area (Å²) in [7, 11) is 0. The van der Waals surface area contributed by atoms with Crippen molar-refractivity contribution in [3.05, 3.63) is 48.6 Å². The molecule has 5 nitrogen and oxygen atoms in total. The van der Waals surface area contributed by atoms with Gasteiger partial charge in [0.1, 0.15) is 0 Å². The lowest BCUT2D eigenvalue weighted by molar-refractivity contribution is -0.141. The van der Waals surface area contributed by atoms with Crippen LogP contribution in [-0.4, -0.2) is 59.5 Å². The highest BCUT2D eigenvalue weighted by Gasteiger charge is 2.35. The fourth-order valence-electron chi connectivity index (χ4n) is 4.29. The Kier molecular flexibility index (Phi) is 6.09. The lowest BCUT2D eigenvalue weighted by atomic mass is 9.80. The molecule has 2 aliphatic heterocycles. The number of rotatable bonds is 4. The molecular weight excluding hydrogens is 328 g/mol. The van der Waals surface area contributed by atoms with Gasteiger partial charge in [0.05, 0.1) is 0 Å². The molecular formula is C21H28N2O3. The van der Waals surface area contributed by atoms with E-state index in [0.717, 1.165) is 13.0 Å². The molecule has 3 rings (SSSR count). The Labute approximate surface area is 155 Å². The highest BCUT2D eigenvalue weighted by atomic mass is 16.3. The maximum Gasteiger partial charge on any atom is 0.245 e. The molecule has 2 heterocycles. The molecule has 26 heavy (non-hydrogen) atoms. The normalized spacial score (nSPS) is 24.3. The first-order chi connectivity index (χ1) is 12.6. The average molecular weight is 356 g/mol. The first-order valence-electron chi connectivity index (χ1n) is 9.50. The predicted octanol–water partition coefficient (Wildman–Crippen LogP) is 2.04. The molecule has 0 unspecified atom stereocenters. The zero-order chi connectivity index (χ0) is 18.5. The van der Waals surface area contributed by atoms with Crippen LogP contribution >= 0.6 is 0 Å². The van der Waals surface area contributed by atoms with Gasteiger partial charge in [-0.15, -0.1) is 0 Å². The van der Waals surface area contributed by atoms with Crippen molar-refractivity contribution in [1.82, 2.24) is 9.80 Å². The summed E-state index contributed by atoms with van der Waals surface area (Å²) in [5.41, 5.74) is 1.25. The number of aliphatic hydroxyl groups is 1. The minimum absolute atomic E-state index is 0.0171. The number of aliphatic hydroxyl groups excluding tert-OH is 1. The minimum Gasteiger partial charge on any atom is -0.396 e. The van der Waals surface area contributed by atoms with Crippen molar-refractivity contribution in [3.8, 4) is 0 Å². The Morgan fingerprint density at radius 1 is 1.08 bits per heavy atom.